The van der Waals surface area contributed by atoms with Crippen molar-refractivity contribution >= 4 is 16.9 Å². The number of aromatic amines is 1. The lowest BCUT2D eigenvalue weighted by molar-refractivity contribution is 0.900. The zero-order chi connectivity index (χ0) is 19.4. The summed E-state index contributed by atoms with van der Waals surface area (Å²) in [5.41, 5.74) is 5.72. The van der Waals surface area contributed by atoms with Gasteiger partial charge >= 0.3 is 0 Å². The van der Waals surface area contributed by atoms with E-state index in [-0.39, 0.29) is 0 Å². The largest absolute Gasteiger partial charge is 0.275 e. The molecule has 0 atom stereocenters. The first-order chi connectivity index (χ1) is 12.6. The molecule has 0 aromatic carbocycles. The zero-order valence-corrected chi connectivity index (χ0v) is 17.5. The number of H-pyrrole nitrogens is 1. The van der Waals surface area contributed by atoms with Crippen LogP contribution in [0.25, 0.3) is 16.3 Å². The van der Waals surface area contributed by atoms with Crippen LogP contribution in [0.1, 0.15) is 59.6 Å². The van der Waals surface area contributed by atoms with E-state index in [9.17, 15) is 0 Å². The maximum Gasteiger partial charge on any atom is 0.141 e. The first-order valence-corrected chi connectivity index (χ1v) is 10.1. The molecule has 2 rings (SSSR count). The molecule has 0 fully saturated rings. The zero-order valence-electron chi connectivity index (χ0n) is 16.7. The van der Waals surface area contributed by atoms with Crippen LogP contribution in [0, 0.1) is 0 Å². The number of allylic oxidation sites excluding steroid dienone is 7. The predicted molar refractivity (Wildman–Crippen MR) is 116 cm³/mol. The second kappa shape index (κ2) is 12.2. The molecule has 0 unspecified atom stereocenters. The maximum atomic E-state index is 4.78. The van der Waals surface area contributed by atoms with Gasteiger partial charge in [0.05, 0.1) is 11.4 Å². The van der Waals surface area contributed by atoms with Gasteiger partial charge in [0.15, 0.2) is 0 Å². The molecule has 0 amide bonds. The molecular weight excluding hydrogens is 338 g/mol. The molecule has 0 radical (unpaired) electrons. The molecule has 0 bridgehead atoms. The van der Waals surface area contributed by atoms with E-state index in [4.69, 9.17) is 4.98 Å². The van der Waals surface area contributed by atoms with Crippen molar-refractivity contribution in [1.29, 1.82) is 0 Å². The van der Waals surface area contributed by atoms with Gasteiger partial charge in [-0.2, -0.15) is 5.10 Å². The van der Waals surface area contributed by atoms with Crippen molar-refractivity contribution in [3.8, 4) is 10.7 Å². The summed E-state index contributed by atoms with van der Waals surface area (Å²) < 4.78 is 0. The van der Waals surface area contributed by atoms with E-state index >= 15 is 0 Å². The Morgan fingerprint density at radius 2 is 2.04 bits per heavy atom. The lowest BCUT2D eigenvalue weighted by Gasteiger charge is -2.11. The molecule has 4 heteroatoms. The van der Waals surface area contributed by atoms with E-state index < -0.39 is 0 Å². The van der Waals surface area contributed by atoms with Gasteiger partial charge in [-0.15, -0.1) is 11.3 Å². The lowest BCUT2D eigenvalue weighted by Crippen LogP contribution is -1.93. The minimum atomic E-state index is 0.953. The van der Waals surface area contributed by atoms with Crippen molar-refractivity contribution in [1.82, 2.24) is 15.2 Å². The molecule has 0 saturated heterocycles. The number of thiazole rings is 1. The number of hydrogen-bond donors (Lipinski definition) is 1. The molecule has 0 aliphatic carbocycles. The summed E-state index contributed by atoms with van der Waals surface area (Å²) in [6.07, 6.45) is 13.3. The highest BCUT2D eigenvalue weighted by molar-refractivity contribution is 7.13. The monoisotopic (exact) mass is 369 g/mol. The van der Waals surface area contributed by atoms with Crippen molar-refractivity contribution in [3.05, 3.63) is 65.4 Å². The van der Waals surface area contributed by atoms with Crippen LogP contribution >= 0.6 is 11.3 Å². The maximum absolute atomic E-state index is 4.78. The highest BCUT2D eigenvalue weighted by Crippen LogP contribution is 2.31. The number of rotatable bonds is 7. The Morgan fingerprint density at radius 1 is 1.31 bits per heavy atom. The summed E-state index contributed by atoms with van der Waals surface area (Å²) in [7, 11) is 0. The van der Waals surface area contributed by atoms with E-state index in [1.54, 1.807) is 17.5 Å². The molecule has 0 aliphatic rings. The van der Waals surface area contributed by atoms with Gasteiger partial charge in [0.25, 0.3) is 0 Å². The van der Waals surface area contributed by atoms with Crippen molar-refractivity contribution < 1.29 is 0 Å². The average molecular weight is 370 g/mol. The third kappa shape index (κ3) is 6.26. The van der Waals surface area contributed by atoms with Gasteiger partial charge < -0.3 is 0 Å². The second-order valence-corrected chi connectivity index (χ2v) is 6.81. The smallest absolute Gasteiger partial charge is 0.141 e. The van der Waals surface area contributed by atoms with Gasteiger partial charge in [-0.25, -0.2) is 4.98 Å². The van der Waals surface area contributed by atoms with E-state index in [2.05, 4.69) is 68.9 Å². The van der Waals surface area contributed by atoms with Gasteiger partial charge in [-0.3, -0.25) is 5.10 Å². The summed E-state index contributed by atoms with van der Waals surface area (Å²) in [5, 5.41) is 10.0. The standard InChI is InChI=1S/C19H23N3S.C3H8/c1-5-8-10-16(14(4)9-6-2)15(7-3)18-13-23-19(21-18)17-11-12-20-22-17;1-3-2/h5,7-8,10-13H,1,6,9H2,2-4H3,(H,20,22);3H2,1-2H3/b10-8-,15-7+,16-14-;. The average Bonchev–Trinajstić information content (AvgIpc) is 3.30. The Kier molecular flexibility index (Phi) is 10.3. The Hall–Kier alpha value is -2.20. The second-order valence-electron chi connectivity index (χ2n) is 5.96. The molecule has 26 heavy (non-hydrogen) atoms. The normalized spacial score (nSPS) is 12.6. The fraction of sp³-hybridized carbons (Fsp3) is 0.364. The van der Waals surface area contributed by atoms with E-state index in [0.29, 0.717) is 0 Å². The summed E-state index contributed by atoms with van der Waals surface area (Å²) >= 11 is 1.63. The number of aromatic nitrogens is 3. The topological polar surface area (TPSA) is 41.6 Å². The van der Waals surface area contributed by atoms with Crippen LogP contribution in [0.2, 0.25) is 0 Å². The Bertz CT molecular complexity index is 746. The number of hydrogen-bond acceptors (Lipinski definition) is 3. The van der Waals surface area contributed by atoms with E-state index in [1.807, 2.05) is 18.2 Å². The van der Waals surface area contributed by atoms with Gasteiger partial charge in [-0.05, 0) is 31.9 Å². The van der Waals surface area contributed by atoms with Crippen molar-refractivity contribution in [2.45, 2.75) is 53.9 Å². The van der Waals surface area contributed by atoms with E-state index in [0.717, 1.165) is 34.8 Å². The Balaban J connectivity index is 0.00000105. The molecule has 0 saturated carbocycles. The molecular formula is C22H31N3S. The number of nitrogens with one attached hydrogen (secondary N) is 1. The molecule has 1 N–H and O–H groups in total. The van der Waals surface area contributed by atoms with E-state index in [1.165, 1.54) is 17.6 Å². The predicted octanol–water partition coefficient (Wildman–Crippen LogP) is 7.21. The molecule has 2 aromatic rings. The molecule has 0 aliphatic heterocycles. The first-order valence-electron chi connectivity index (χ1n) is 9.23. The number of nitrogens with zero attached hydrogens (tertiary/aromatic N) is 2. The molecule has 140 valence electrons. The van der Waals surface area contributed by atoms with Crippen molar-refractivity contribution in [2.75, 3.05) is 0 Å². The molecule has 3 nitrogen and oxygen atoms in total. The van der Waals surface area contributed by atoms with Crippen LogP contribution in [0.4, 0.5) is 0 Å². The third-order valence-corrected chi connectivity index (χ3v) is 4.45. The van der Waals surface area contributed by atoms with Crippen LogP contribution in [0.5, 0.6) is 0 Å². The molecule has 0 spiro atoms. The highest BCUT2D eigenvalue weighted by atomic mass is 32.1. The van der Waals surface area contributed by atoms with Crippen molar-refractivity contribution in [2.24, 2.45) is 0 Å². The Labute approximate surface area is 162 Å². The van der Waals surface area contributed by atoms with Crippen molar-refractivity contribution in [3.63, 3.8) is 0 Å². The van der Waals surface area contributed by atoms with Gasteiger partial charge in [0.1, 0.15) is 5.01 Å². The quantitative estimate of drug-likeness (QED) is 0.524. The third-order valence-electron chi connectivity index (χ3n) is 3.57. The summed E-state index contributed by atoms with van der Waals surface area (Å²) in [5.74, 6) is 0. The lowest BCUT2D eigenvalue weighted by atomic mass is 9.95. The summed E-state index contributed by atoms with van der Waals surface area (Å²) in [6, 6.07) is 1.94. The van der Waals surface area contributed by atoms with Crippen LogP contribution in [-0.2, 0) is 0 Å². The highest BCUT2D eigenvalue weighted by Gasteiger charge is 2.13. The SMILES string of the molecule is C=C\C=C/C(=C(\C)CCC)C(=C\C)/c1csc(-c2ccn[nH]2)n1.CCC. The molecule has 2 heterocycles. The van der Waals surface area contributed by atoms with Gasteiger partial charge in [0, 0.05) is 17.2 Å². The molecule has 2 aromatic heterocycles. The fourth-order valence-electron chi connectivity index (χ4n) is 2.47. The van der Waals surface area contributed by atoms with Crippen LogP contribution in [0.15, 0.2) is 59.7 Å². The minimum Gasteiger partial charge on any atom is -0.275 e. The van der Waals surface area contributed by atoms with Crippen LogP contribution in [-0.4, -0.2) is 15.2 Å². The van der Waals surface area contributed by atoms with Gasteiger partial charge in [0.2, 0.25) is 0 Å². The Morgan fingerprint density at radius 3 is 2.58 bits per heavy atom. The van der Waals surface area contributed by atoms with Gasteiger partial charge in [-0.1, -0.05) is 70.1 Å². The first kappa shape index (κ1) is 21.8. The van der Waals surface area contributed by atoms with Crippen LogP contribution in [0.3, 0.4) is 0 Å². The fourth-order valence-corrected chi connectivity index (χ4v) is 3.27. The minimum absolute atomic E-state index is 0.953. The van der Waals surface area contributed by atoms with Crippen LogP contribution < -0.4 is 0 Å². The summed E-state index contributed by atoms with van der Waals surface area (Å²) in [4.78, 5) is 4.78. The summed E-state index contributed by atoms with van der Waals surface area (Å²) in [6.45, 7) is 14.5.